The summed E-state index contributed by atoms with van der Waals surface area (Å²) in [6.07, 6.45) is 0. The Morgan fingerprint density at radius 1 is 1.25 bits per heavy atom. The monoisotopic (exact) mass is 387 g/mol. The highest BCUT2D eigenvalue weighted by Gasteiger charge is 2.21. The maximum Gasteiger partial charge on any atom is 0.312 e. The molecule has 1 amide bonds. The van der Waals surface area contributed by atoms with Crippen LogP contribution >= 0.6 is 0 Å². The third-order valence-electron chi connectivity index (χ3n) is 5.07. The number of hydrogen-bond acceptors (Lipinski definition) is 5. The molecule has 8 nitrogen and oxygen atoms in total. The molecule has 0 spiro atoms. The van der Waals surface area contributed by atoms with Crippen LogP contribution in [0.15, 0.2) is 24.3 Å². The molecular weight excluding hydrogens is 358 g/mol. The molecule has 2 aromatic rings. The zero-order valence-electron chi connectivity index (χ0n) is 17.2. The predicted octanol–water partition coefficient (Wildman–Crippen LogP) is 2.92. The van der Waals surface area contributed by atoms with Crippen molar-refractivity contribution in [3.63, 3.8) is 0 Å². The quantitative estimate of drug-likeness (QED) is 0.527. The Morgan fingerprint density at radius 2 is 1.86 bits per heavy atom. The second-order valence-electron chi connectivity index (χ2n) is 6.91. The molecule has 1 N–H and O–H groups in total. The zero-order valence-corrected chi connectivity index (χ0v) is 17.2. The van der Waals surface area contributed by atoms with E-state index in [4.69, 9.17) is 0 Å². The first kappa shape index (κ1) is 21.6. The van der Waals surface area contributed by atoms with E-state index in [1.165, 1.54) is 0 Å². The van der Waals surface area contributed by atoms with Crippen LogP contribution in [0.25, 0.3) is 0 Å². The van der Waals surface area contributed by atoms with E-state index in [0.717, 1.165) is 18.7 Å². The molecule has 1 aromatic carbocycles. The highest BCUT2D eigenvalue weighted by Crippen LogP contribution is 2.22. The molecule has 0 fully saturated rings. The van der Waals surface area contributed by atoms with E-state index in [9.17, 15) is 14.9 Å². The fraction of sp³-hybridized carbons (Fsp3) is 0.500. The number of amides is 1. The molecule has 0 saturated carbocycles. The molecular formula is C20H29N5O3. The Bertz CT molecular complexity index is 825. The SMILES string of the molecule is CCN(CC)C(C)CNC(=O)c1ccc(Cn2nc(C)c([N+](=O)[O-])c2C)cc1. The number of nitrogens with one attached hydrogen (secondary N) is 1. The van der Waals surface area contributed by atoms with E-state index >= 15 is 0 Å². The molecule has 152 valence electrons. The van der Waals surface area contributed by atoms with Crippen LogP contribution < -0.4 is 5.32 Å². The lowest BCUT2D eigenvalue weighted by Gasteiger charge is -2.26. The molecule has 1 atom stereocenters. The number of rotatable bonds is 9. The van der Waals surface area contributed by atoms with Crippen LogP contribution in [-0.2, 0) is 6.54 Å². The van der Waals surface area contributed by atoms with Gasteiger partial charge in [0.2, 0.25) is 0 Å². The Morgan fingerprint density at radius 3 is 2.36 bits per heavy atom. The maximum absolute atomic E-state index is 12.4. The Kier molecular flexibility index (Phi) is 7.28. The van der Waals surface area contributed by atoms with Gasteiger partial charge >= 0.3 is 5.69 Å². The predicted molar refractivity (Wildman–Crippen MR) is 109 cm³/mol. The van der Waals surface area contributed by atoms with Crippen LogP contribution in [0.3, 0.4) is 0 Å². The normalized spacial score (nSPS) is 12.2. The summed E-state index contributed by atoms with van der Waals surface area (Å²) in [4.78, 5) is 25.4. The summed E-state index contributed by atoms with van der Waals surface area (Å²) in [7, 11) is 0. The number of aryl methyl sites for hydroxylation is 1. The van der Waals surface area contributed by atoms with Crippen molar-refractivity contribution in [2.24, 2.45) is 0 Å². The van der Waals surface area contributed by atoms with Gasteiger partial charge in [0.05, 0.1) is 11.5 Å². The molecule has 28 heavy (non-hydrogen) atoms. The third-order valence-corrected chi connectivity index (χ3v) is 5.07. The summed E-state index contributed by atoms with van der Waals surface area (Å²) in [5, 5.41) is 18.4. The number of carbonyl (C=O) groups excluding carboxylic acids is 1. The summed E-state index contributed by atoms with van der Waals surface area (Å²) in [6.45, 7) is 12.6. The second-order valence-corrected chi connectivity index (χ2v) is 6.91. The van der Waals surface area contributed by atoms with Crippen molar-refractivity contribution in [3.8, 4) is 0 Å². The van der Waals surface area contributed by atoms with Crippen LogP contribution in [0.5, 0.6) is 0 Å². The molecule has 2 rings (SSSR count). The average molecular weight is 387 g/mol. The Hall–Kier alpha value is -2.74. The van der Waals surface area contributed by atoms with Gasteiger partial charge in [0.25, 0.3) is 5.91 Å². The zero-order chi connectivity index (χ0) is 20.8. The van der Waals surface area contributed by atoms with Crippen LogP contribution in [0.4, 0.5) is 5.69 Å². The minimum absolute atomic E-state index is 0.0540. The molecule has 1 heterocycles. The summed E-state index contributed by atoms with van der Waals surface area (Å²) in [5.41, 5.74) is 2.50. The maximum atomic E-state index is 12.4. The number of nitrogens with zero attached hydrogens (tertiary/aromatic N) is 4. The van der Waals surface area contributed by atoms with Gasteiger partial charge in [-0.3, -0.25) is 24.5 Å². The first-order chi connectivity index (χ1) is 13.3. The van der Waals surface area contributed by atoms with E-state index in [-0.39, 0.29) is 17.6 Å². The number of likely N-dealkylation sites (N-methyl/N-ethyl adjacent to an activating group) is 1. The number of aromatic nitrogens is 2. The van der Waals surface area contributed by atoms with Gasteiger partial charge in [0.1, 0.15) is 11.4 Å². The first-order valence-electron chi connectivity index (χ1n) is 9.58. The van der Waals surface area contributed by atoms with Gasteiger partial charge in [0, 0.05) is 18.2 Å². The first-order valence-corrected chi connectivity index (χ1v) is 9.58. The lowest BCUT2D eigenvalue weighted by Crippen LogP contribution is -2.42. The topological polar surface area (TPSA) is 93.3 Å². The highest BCUT2D eigenvalue weighted by molar-refractivity contribution is 5.94. The van der Waals surface area contributed by atoms with Crippen LogP contribution in [0.1, 0.15) is 48.1 Å². The van der Waals surface area contributed by atoms with Gasteiger partial charge < -0.3 is 5.32 Å². The van der Waals surface area contributed by atoms with E-state index in [1.807, 2.05) is 12.1 Å². The number of carbonyl (C=O) groups is 1. The van der Waals surface area contributed by atoms with Crippen molar-refractivity contribution >= 4 is 11.6 Å². The van der Waals surface area contributed by atoms with E-state index in [2.05, 4.69) is 36.1 Å². The number of hydrogen-bond donors (Lipinski definition) is 1. The third kappa shape index (κ3) is 4.95. The van der Waals surface area contributed by atoms with E-state index < -0.39 is 4.92 Å². The molecule has 8 heteroatoms. The van der Waals surface area contributed by atoms with E-state index in [0.29, 0.717) is 30.0 Å². The lowest BCUT2D eigenvalue weighted by molar-refractivity contribution is -0.386. The van der Waals surface area contributed by atoms with Crippen molar-refractivity contribution in [2.75, 3.05) is 19.6 Å². The largest absolute Gasteiger partial charge is 0.350 e. The molecule has 0 aliphatic carbocycles. The van der Waals surface area contributed by atoms with Crippen molar-refractivity contribution in [3.05, 3.63) is 56.9 Å². The molecule has 0 bridgehead atoms. The summed E-state index contributed by atoms with van der Waals surface area (Å²) >= 11 is 0. The summed E-state index contributed by atoms with van der Waals surface area (Å²) in [6, 6.07) is 7.52. The number of benzene rings is 1. The smallest absolute Gasteiger partial charge is 0.312 e. The van der Waals surface area contributed by atoms with Crippen LogP contribution in [0.2, 0.25) is 0 Å². The van der Waals surface area contributed by atoms with Crippen molar-refractivity contribution in [2.45, 2.75) is 47.2 Å². The number of nitro groups is 1. The minimum Gasteiger partial charge on any atom is -0.350 e. The van der Waals surface area contributed by atoms with Crippen molar-refractivity contribution in [1.29, 1.82) is 0 Å². The lowest BCUT2D eigenvalue weighted by atomic mass is 10.1. The Balaban J connectivity index is 2.01. The fourth-order valence-corrected chi connectivity index (χ4v) is 3.36. The van der Waals surface area contributed by atoms with Crippen LogP contribution in [0, 0.1) is 24.0 Å². The van der Waals surface area contributed by atoms with Gasteiger partial charge in [-0.05, 0) is 51.6 Å². The molecule has 0 aliphatic heterocycles. The second kappa shape index (κ2) is 9.45. The van der Waals surface area contributed by atoms with Gasteiger partial charge in [-0.1, -0.05) is 26.0 Å². The van der Waals surface area contributed by atoms with Gasteiger partial charge in [-0.2, -0.15) is 5.10 Å². The molecule has 1 unspecified atom stereocenters. The molecule has 0 radical (unpaired) electrons. The molecule has 0 saturated heterocycles. The van der Waals surface area contributed by atoms with Gasteiger partial charge in [-0.15, -0.1) is 0 Å². The highest BCUT2D eigenvalue weighted by atomic mass is 16.6. The fourth-order valence-electron chi connectivity index (χ4n) is 3.36. The average Bonchev–Trinajstić information content (AvgIpc) is 2.94. The van der Waals surface area contributed by atoms with Crippen LogP contribution in [-0.4, -0.2) is 51.2 Å². The molecule has 0 aliphatic rings. The van der Waals surface area contributed by atoms with Gasteiger partial charge in [0.15, 0.2) is 0 Å². The summed E-state index contributed by atoms with van der Waals surface area (Å²) < 4.78 is 1.62. The van der Waals surface area contributed by atoms with E-state index in [1.54, 1.807) is 30.7 Å². The standard InChI is InChI=1S/C20H29N5O3/c1-6-23(7-2)14(3)12-21-20(26)18-10-8-17(9-11-18)13-24-16(5)19(25(27)28)15(4)22-24/h8-11,14H,6-7,12-13H2,1-5H3,(H,21,26). The molecule has 1 aromatic heterocycles. The Labute approximate surface area is 165 Å². The van der Waals surface area contributed by atoms with Gasteiger partial charge in [-0.25, -0.2) is 0 Å². The summed E-state index contributed by atoms with van der Waals surface area (Å²) in [5.74, 6) is -0.104. The minimum atomic E-state index is -0.402. The van der Waals surface area contributed by atoms with Crippen molar-refractivity contribution in [1.82, 2.24) is 20.0 Å². The van der Waals surface area contributed by atoms with Crippen molar-refractivity contribution < 1.29 is 9.72 Å².